The number of anilines is 1. The van der Waals surface area contributed by atoms with Crippen LogP contribution in [0.15, 0.2) is 18.2 Å². The Labute approximate surface area is 150 Å². The third-order valence-corrected chi connectivity index (χ3v) is 3.80. The minimum absolute atomic E-state index is 0.104. The predicted octanol–water partition coefficient (Wildman–Crippen LogP) is 2.47. The van der Waals surface area contributed by atoms with Crippen LogP contribution >= 0.6 is 46.4 Å². The molecule has 10 heteroatoms. The van der Waals surface area contributed by atoms with Crippen LogP contribution in [0.4, 0.5) is 5.95 Å². The van der Waals surface area contributed by atoms with Crippen LogP contribution in [0.1, 0.15) is 23.7 Å². The number of rotatable bonds is 4. The van der Waals surface area contributed by atoms with Crippen molar-refractivity contribution >= 4 is 63.4 Å². The lowest BCUT2D eigenvalue weighted by molar-refractivity contribution is 0.0978. The molecule has 1 amide bonds. The van der Waals surface area contributed by atoms with Crippen molar-refractivity contribution in [2.24, 2.45) is 0 Å². The highest BCUT2D eigenvalue weighted by Gasteiger charge is 2.14. The lowest BCUT2D eigenvalue weighted by Crippen LogP contribution is -2.35. The minimum atomic E-state index is -0.393. The van der Waals surface area contributed by atoms with Gasteiger partial charge in [-0.1, -0.05) is 23.6 Å². The Balaban J connectivity index is 2.04. The SMILES string of the molecule is CCCn1nnnc1NC(=S)NC(=O)c1cc(I)ccc1Cl. The van der Waals surface area contributed by atoms with Crippen molar-refractivity contribution in [3.63, 3.8) is 0 Å². The Morgan fingerprint density at radius 1 is 1.50 bits per heavy atom. The maximum atomic E-state index is 12.2. The Hall–Kier alpha value is -1.33. The molecule has 1 aromatic carbocycles. The Morgan fingerprint density at radius 3 is 3.00 bits per heavy atom. The summed E-state index contributed by atoms with van der Waals surface area (Å²) >= 11 is 13.2. The van der Waals surface area contributed by atoms with Gasteiger partial charge >= 0.3 is 0 Å². The number of tetrazole rings is 1. The summed E-state index contributed by atoms with van der Waals surface area (Å²) in [6.45, 7) is 2.65. The molecule has 0 radical (unpaired) electrons. The smallest absolute Gasteiger partial charge is 0.258 e. The molecule has 0 atom stereocenters. The van der Waals surface area contributed by atoms with Gasteiger partial charge in [-0.05, 0) is 69.9 Å². The van der Waals surface area contributed by atoms with E-state index >= 15 is 0 Å². The number of carbonyl (C=O) groups is 1. The molecule has 1 aromatic heterocycles. The van der Waals surface area contributed by atoms with E-state index in [1.165, 1.54) is 0 Å². The molecule has 7 nitrogen and oxygen atoms in total. The van der Waals surface area contributed by atoms with E-state index in [-0.39, 0.29) is 5.11 Å². The summed E-state index contributed by atoms with van der Waals surface area (Å²) in [7, 11) is 0. The predicted molar refractivity (Wildman–Crippen MR) is 96.0 cm³/mol. The average Bonchev–Trinajstić information content (AvgIpc) is 2.89. The van der Waals surface area contributed by atoms with Gasteiger partial charge in [0.25, 0.3) is 5.91 Å². The molecule has 0 fully saturated rings. The molecule has 0 saturated heterocycles. The van der Waals surface area contributed by atoms with E-state index in [0.29, 0.717) is 23.1 Å². The Kier molecular flexibility index (Phi) is 6.03. The summed E-state index contributed by atoms with van der Waals surface area (Å²) in [4.78, 5) is 12.2. The van der Waals surface area contributed by atoms with Crippen molar-refractivity contribution < 1.29 is 4.79 Å². The number of amides is 1. The number of hydrogen-bond acceptors (Lipinski definition) is 5. The number of carbonyl (C=O) groups excluding carboxylic acids is 1. The number of nitrogens with one attached hydrogen (secondary N) is 2. The van der Waals surface area contributed by atoms with Crippen molar-refractivity contribution in [2.75, 3.05) is 5.32 Å². The molecule has 2 rings (SSSR count). The van der Waals surface area contributed by atoms with Gasteiger partial charge in [0, 0.05) is 10.1 Å². The van der Waals surface area contributed by atoms with Crippen molar-refractivity contribution in [1.29, 1.82) is 0 Å². The van der Waals surface area contributed by atoms with Gasteiger partial charge in [0.1, 0.15) is 0 Å². The monoisotopic (exact) mass is 450 g/mol. The normalized spacial score (nSPS) is 10.3. The maximum Gasteiger partial charge on any atom is 0.258 e. The third-order valence-electron chi connectivity index (χ3n) is 2.59. The molecule has 0 unspecified atom stereocenters. The van der Waals surface area contributed by atoms with E-state index in [9.17, 15) is 4.79 Å². The molecule has 0 bridgehead atoms. The number of hydrogen-bond donors (Lipinski definition) is 2. The highest BCUT2D eigenvalue weighted by molar-refractivity contribution is 14.1. The van der Waals surface area contributed by atoms with Crippen LogP contribution in [0.3, 0.4) is 0 Å². The Bertz CT molecular complexity index is 707. The number of nitrogens with zero attached hydrogens (tertiary/aromatic N) is 4. The number of aryl methyl sites for hydroxylation is 1. The summed E-state index contributed by atoms with van der Waals surface area (Å²) in [6.07, 6.45) is 0.872. The zero-order valence-corrected chi connectivity index (χ0v) is 15.2. The van der Waals surface area contributed by atoms with Gasteiger partial charge in [-0.25, -0.2) is 4.68 Å². The maximum absolute atomic E-state index is 12.2. The molecule has 22 heavy (non-hydrogen) atoms. The van der Waals surface area contributed by atoms with Crippen LogP contribution in [0.2, 0.25) is 5.02 Å². The fraction of sp³-hybridized carbons (Fsp3) is 0.250. The molecule has 0 spiro atoms. The zero-order chi connectivity index (χ0) is 16.1. The van der Waals surface area contributed by atoms with E-state index in [2.05, 4.69) is 48.7 Å². The first-order chi connectivity index (χ1) is 10.5. The van der Waals surface area contributed by atoms with Crippen LogP contribution in [0, 0.1) is 3.57 Å². The summed E-state index contributed by atoms with van der Waals surface area (Å²) in [5.41, 5.74) is 0.353. The van der Waals surface area contributed by atoms with Crippen LogP contribution in [-0.2, 0) is 6.54 Å². The number of aromatic nitrogens is 4. The molecule has 116 valence electrons. The molecule has 0 aliphatic rings. The highest BCUT2D eigenvalue weighted by atomic mass is 127. The van der Waals surface area contributed by atoms with E-state index in [1.54, 1.807) is 16.8 Å². The second-order valence-corrected chi connectivity index (χ2v) is 6.32. The number of thiocarbonyl (C=S) groups is 1. The molecule has 0 aliphatic carbocycles. The summed E-state index contributed by atoms with van der Waals surface area (Å²) in [5, 5.41) is 17.0. The van der Waals surface area contributed by atoms with Crippen molar-refractivity contribution in [2.45, 2.75) is 19.9 Å². The lowest BCUT2D eigenvalue weighted by Gasteiger charge is -2.10. The highest BCUT2D eigenvalue weighted by Crippen LogP contribution is 2.18. The summed E-state index contributed by atoms with van der Waals surface area (Å²) < 4.78 is 2.47. The quantitative estimate of drug-likeness (QED) is 0.550. The molecule has 2 N–H and O–H groups in total. The fourth-order valence-electron chi connectivity index (χ4n) is 1.63. The van der Waals surface area contributed by atoms with Crippen LogP contribution < -0.4 is 10.6 Å². The Morgan fingerprint density at radius 2 is 2.27 bits per heavy atom. The van der Waals surface area contributed by atoms with Gasteiger partial charge in [-0.15, -0.1) is 0 Å². The van der Waals surface area contributed by atoms with Crippen LogP contribution in [0.25, 0.3) is 0 Å². The molecule has 1 heterocycles. The van der Waals surface area contributed by atoms with Gasteiger partial charge in [0.15, 0.2) is 5.11 Å². The summed E-state index contributed by atoms with van der Waals surface area (Å²) in [6, 6.07) is 5.16. The first kappa shape index (κ1) is 17.0. The topological polar surface area (TPSA) is 84.7 Å². The van der Waals surface area contributed by atoms with Gasteiger partial charge in [0.05, 0.1) is 10.6 Å². The first-order valence-corrected chi connectivity index (χ1v) is 8.21. The third kappa shape index (κ3) is 4.34. The molecule has 0 saturated carbocycles. The van der Waals surface area contributed by atoms with E-state index < -0.39 is 5.91 Å². The number of benzene rings is 1. The van der Waals surface area contributed by atoms with Crippen molar-refractivity contribution in [1.82, 2.24) is 25.5 Å². The van der Waals surface area contributed by atoms with Crippen LogP contribution in [0.5, 0.6) is 0 Å². The van der Waals surface area contributed by atoms with Crippen LogP contribution in [-0.4, -0.2) is 31.2 Å². The largest absolute Gasteiger partial charge is 0.300 e. The van der Waals surface area contributed by atoms with Crippen molar-refractivity contribution in [3.8, 4) is 0 Å². The standard InChI is InChI=1S/C12H12ClIN6OS/c1-2-5-20-11(17-18-19-20)16-12(22)15-10(21)8-6-7(14)3-4-9(8)13/h3-4,6H,2,5H2,1H3,(H2,15,16,17,19,21,22). The second-order valence-electron chi connectivity index (χ2n) is 4.26. The van der Waals surface area contributed by atoms with Gasteiger partial charge < -0.3 is 0 Å². The van der Waals surface area contributed by atoms with E-state index in [1.807, 2.05) is 13.0 Å². The minimum Gasteiger partial charge on any atom is -0.300 e. The first-order valence-electron chi connectivity index (χ1n) is 6.34. The van der Waals surface area contributed by atoms with E-state index in [0.717, 1.165) is 9.99 Å². The fourth-order valence-corrected chi connectivity index (χ4v) is 2.51. The molecule has 0 aliphatic heterocycles. The van der Waals surface area contributed by atoms with E-state index in [4.69, 9.17) is 23.8 Å². The molecular weight excluding hydrogens is 439 g/mol. The van der Waals surface area contributed by atoms with Gasteiger partial charge in [-0.2, -0.15) is 0 Å². The summed E-state index contributed by atoms with van der Waals surface area (Å²) in [5.74, 6) is -0.0172. The average molecular weight is 451 g/mol. The van der Waals surface area contributed by atoms with Gasteiger partial charge in [0.2, 0.25) is 5.95 Å². The second kappa shape index (κ2) is 7.79. The zero-order valence-electron chi connectivity index (χ0n) is 11.5. The number of halogens is 2. The molecule has 2 aromatic rings. The van der Waals surface area contributed by atoms with Gasteiger partial charge in [-0.3, -0.25) is 15.4 Å². The lowest BCUT2D eigenvalue weighted by atomic mass is 10.2. The molecular formula is C12H12ClIN6OS. The van der Waals surface area contributed by atoms with Crippen molar-refractivity contribution in [3.05, 3.63) is 32.4 Å².